The van der Waals surface area contributed by atoms with E-state index < -0.39 is 0 Å². The lowest BCUT2D eigenvalue weighted by Crippen LogP contribution is -2.45. The van der Waals surface area contributed by atoms with Crippen molar-refractivity contribution in [3.63, 3.8) is 0 Å². The number of pyridine rings is 1. The van der Waals surface area contributed by atoms with Gasteiger partial charge in [0.1, 0.15) is 0 Å². The highest BCUT2D eigenvalue weighted by Crippen LogP contribution is 2.12. The molecule has 1 rings (SSSR count). The van der Waals surface area contributed by atoms with Crippen LogP contribution in [0.15, 0.2) is 23.3 Å². The van der Waals surface area contributed by atoms with Crippen molar-refractivity contribution in [3.8, 4) is 5.88 Å². The lowest BCUT2D eigenvalue weighted by molar-refractivity contribution is 0.0268. The number of nitrogens with zero attached hydrogens (tertiary/aromatic N) is 2. The number of halogens is 1. The van der Waals surface area contributed by atoms with Crippen LogP contribution < -0.4 is 15.4 Å². The zero-order chi connectivity index (χ0) is 15.0. The van der Waals surface area contributed by atoms with Crippen LogP contribution in [0.4, 0.5) is 0 Å². The fourth-order valence-corrected chi connectivity index (χ4v) is 1.51. The first-order chi connectivity index (χ1) is 9.52. The number of aliphatic imine (C=N–C) groups is 1. The van der Waals surface area contributed by atoms with Crippen molar-refractivity contribution in [2.75, 3.05) is 27.8 Å². The van der Waals surface area contributed by atoms with Crippen LogP contribution in [-0.4, -0.2) is 44.4 Å². The Hall–Kier alpha value is -1.09. The van der Waals surface area contributed by atoms with E-state index in [0.717, 1.165) is 5.56 Å². The molecule has 0 atom stereocenters. The van der Waals surface area contributed by atoms with Gasteiger partial charge in [-0.25, -0.2) is 4.98 Å². The molecule has 1 aromatic rings. The van der Waals surface area contributed by atoms with E-state index in [1.165, 1.54) is 0 Å². The Morgan fingerprint density at radius 1 is 1.33 bits per heavy atom. The Morgan fingerprint density at radius 2 is 2.05 bits per heavy atom. The van der Waals surface area contributed by atoms with Gasteiger partial charge in [-0.2, -0.15) is 0 Å². The quantitative estimate of drug-likeness (QED) is 0.427. The number of methoxy groups -OCH3 is 2. The molecule has 1 heterocycles. The molecule has 21 heavy (non-hydrogen) atoms. The molecule has 6 nitrogen and oxygen atoms in total. The highest BCUT2D eigenvalue weighted by Gasteiger charge is 2.16. The topological polar surface area (TPSA) is 67.8 Å². The summed E-state index contributed by atoms with van der Waals surface area (Å²) in [4.78, 5) is 8.33. The number of guanidine groups is 1. The van der Waals surface area contributed by atoms with E-state index in [1.54, 1.807) is 27.5 Å². The van der Waals surface area contributed by atoms with E-state index >= 15 is 0 Å². The molecule has 0 fully saturated rings. The van der Waals surface area contributed by atoms with Crippen LogP contribution in [0.1, 0.15) is 19.4 Å². The molecule has 0 radical (unpaired) electrons. The van der Waals surface area contributed by atoms with E-state index in [-0.39, 0.29) is 29.6 Å². The first-order valence-electron chi connectivity index (χ1n) is 6.50. The summed E-state index contributed by atoms with van der Waals surface area (Å²) in [5.41, 5.74) is 0.729. The molecule has 0 saturated heterocycles. The van der Waals surface area contributed by atoms with Gasteiger partial charge >= 0.3 is 0 Å². The minimum Gasteiger partial charge on any atom is -0.481 e. The number of nitrogens with one attached hydrogen (secondary N) is 2. The molecule has 0 amide bonds. The van der Waals surface area contributed by atoms with Crippen LogP contribution in [0.3, 0.4) is 0 Å². The van der Waals surface area contributed by atoms with Crippen LogP contribution in [0, 0.1) is 0 Å². The number of ether oxygens (including phenoxy) is 2. The second kappa shape index (κ2) is 9.78. The van der Waals surface area contributed by atoms with Crippen LogP contribution in [0.2, 0.25) is 0 Å². The molecule has 0 bridgehead atoms. The molecule has 0 saturated carbocycles. The third kappa shape index (κ3) is 6.94. The first-order valence-corrected chi connectivity index (χ1v) is 6.50. The fraction of sp³-hybridized carbons (Fsp3) is 0.571. The van der Waals surface area contributed by atoms with E-state index in [0.29, 0.717) is 24.9 Å². The largest absolute Gasteiger partial charge is 0.481 e. The summed E-state index contributed by atoms with van der Waals surface area (Å²) in [5, 5.41) is 6.44. The van der Waals surface area contributed by atoms with Crippen molar-refractivity contribution in [1.29, 1.82) is 0 Å². The summed E-state index contributed by atoms with van der Waals surface area (Å²) in [5.74, 6) is 1.33. The Bertz CT molecular complexity index is 452. The van der Waals surface area contributed by atoms with Gasteiger partial charge in [-0.1, -0.05) is 6.07 Å². The second-order valence-electron chi connectivity index (χ2n) is 4.91. The smallest absolute Gasteiger partial charge is 0.218 e. The van der Waals surface area contributed by atoms with Gasteiger partial charge in [0.05, 0.1) is 12.7 Å². The van der Waals surface area contributed by atoms with Crippen molar-refractivity contribution in [1.82, 2.24) is 15.6 Å². The maximum absolute atomic E-state index is 5.36. The molecule has 120 valence electrons. The van der Waals surface area contributed by atoms with Crippen LogP contribution in [0.5, 0.6) is 5.88 Å². The Balaban J connectivity index is 0.00000400. The van der Waals surface area contributed by atoms with Gasteiger partial charge in [-0.15, -0.1) is 24.0 Å². The summed E-state index contributed by atoms with van der Waals surface area (Å²) < 4.78 is 10.6. The van der Waals surface area contributed by atoms with E-state index in [4.69, 9.17) is 9.47 Å². The highest BCUT2D eigenvalue weighted by molar-refractivity contribution is 14.0. The predicted molar refractivity (Wildman–Crippen MR) is 95.5 cm³/mol. The molecule has 0 aromatic carbocycles. The Kier molecular flexibility index (Phi) is 9.27. The number of rotatable bonds is 6. The molecular weight excluding hydrogens is 383 g/mol. The van der Waals surface area contributed by atoms with Gasteiger partial charge in [-0.05, 0) is 19.9 Å². The average Bonchev–Trinajstić information content (AvgIpc) is 2.47. The fourth-order valence-electron chi connectivity index (χ4n) is 1.51. The van der Waals surface area contributed by atoms with Gasteiger partial charge in [0.2, 0.25) is 5.88 Å². The lowest BCUT2D eigenvalue weighted by Gasteiger charge is -2.24. The number of aromatic nitrogens is 1. The Morgan fingerprint density at radius 3 is 2.62 bits per heavy atom. The summed E-state index contributed by atoms with van der Waals surface area (Å²) in [6.45, 7) is 5.27. The standard InChI is InChI=1S/C14H24N4O2.HI/c1-14(2,20-5)10-18-13(15-3)17-9-11-7-6-8-16-12(11)19-4;/h6-8H,9-10H2,1-5H3,(H2,15,17,18);1H. The van der Waals surface area contributed by atoms with Crippen molar-refractivity contribution >= 4 is 29.9 Å². The van der Waals surface area contributed by atoms with Crippen molar-refractivity contribution in [3.05, 3.63) is 23.9 Å². The van der Waals surface area contributed by atoms with Crippen LogP contribution in [0.25, 0.3) is 0 Å². The van der Waals surface area contributed by atoms with E-state index in [1.807, 2.05) is 26.0 Å². The molecule has 7 heteroatoms. The van der Waals surface area contributed by atoms with Gasteiger partial charge in [0.15, 0.2) is 5.96 Å². The number of hydrogen-bond acceptors (Lipinski definition) is 4. The van der Waals surface area contributed by atoms with Gasteiger partial charge in [0, 0.05) is 39.0 Å². The molecule has 0 aliphatic rings. The maximum Gasteiger partial charge on any atom is 0.218 e. The molecule has 2 N–H and O–H groups in total. The second-order valence-corrected chi connectivity index (χ2v) is 4.91. The zero-order valence-electron chi connectivity index (χ0n) is 13.3. The number of hydrogen-bond donors (Lipinski definition) is 2. The monoisotopic (exact) mass is 408 g/mol. The van der Waals surface area contributed by atoms with Gasteiger partial charge in [-0.3, -0.25) is 4.99 Å². The van der Waals surface area contributed by atoms with Crippen molar-refractivity contribution in [2.24, 2.45) is 4.99 Å². The SMILES string of the molecule is CN=C(NCc1cccnc1OC)NCC(C)(C)OC.I. The molecule has 0 aliphatic carbocycles. The van der Waals surface area contributed by atoms with E-state index in [2.05, 4.69) is 20.6 Å². The highest BCUT2D eigenvalue weighted by atomic mass is 127. The zero-order valence-corrected chi connectivity index (χ0v) is 15.6. The molecule has 0 unspecified atom stereocenters. The third-order valence-corrected chi connectivity index (χ3v) is 2.95. The minimum absolute atomic E-state index is 0. The summed E-state index contributed by atoms with van der Waals surface area (Å²) in [6.07, 6.45) is 1.70. The van der Waals surface area contributed by atoms with Gasteiger partial charge in [0.25, 0.3) is 0 Å². The summed E-state index contributed by atoms with van der Waals surface area (Å²) >= 11 is 0. The van der Waals surface area contributed by atoms with Crippen molar-refractivity contribution < 1.29 is 9.47 Å². The first kappa shape index (κ1) is 19.9. The molecular formula is C14H25IN4O2. The van der Waals surface area contributed by atoms with Crippen LogP contribution in [-0.2, 0) is 11.3 Å². The normalized spacial score (nSPS) is 11.6. The third-order valence-electron chi connectivity index (χ3n) is 2.95. The van der Waals surface area contributed by atoms with Crippen molar-refractivity contribution in [2.45, 2.75) is 26.0 Å². The lowest BCUT2D eigenvalue weighted by atomic mass is 10.1. The summed E-state index contributed by atoms with van der Waals surface area (Å²) in [7, 11) is 5.04. The average molecular weight is 408 g/mol. The molecule has 0 aliphatic heterocycles. The van der Waals surface area contributed by atoms with Crippen LogP contribution >= 0.6 is 24.0 Å². The van der Waals surface area contributed by atoms with Gasteiger partial charge < -0.3 is 20.1 Å². The molecule has 0 spiro atoms. The van der Waals surface area contributed by atoms with E-state index in [9.17, 15) is 0 Å². The minimum atomic E-state index is -0.246. The molecule has 1 aromatic heterocycles. The predicted octanol–water partition coefficient (Wildman–Crippen LogP) is 1.80. The Labute approximate surface area is 143 Å². The maximum atomic E-state index is 5.36. The summed E-state index contributed by atoms with van der Waals surface area (Å²) in [6, 6.07) is 3.84.